The maximum atomic E-state index is 10.2. The van der Waals surface area contributed by atoms with E-state index in [0.717, 1.165) is 21.6 Å². The van der Waals surface area contributed by atoms with Gasteiger partial charge in [0, 0.05) is 9.90 Å². The number of hydrogen-bond acceptors (Lipinski definition) is 2. The Morgan fingerprint density at radius 1 is 1.19 bits per heavy atom. The van der Waals surface area contributed by atoms with Gasteiger partial charge in [-0.05, 0) is 48.1 Å². The topological polar surface area (TPSA) is 20.2 Å². The highest BCUT2D eigenvalue weighted by Gasteiger charge is 2.14. The van der Waals surface area contributed by atoms with Crippen molar-refractivity contribution in [3.8, 4) is 0 Å². The number of rotatable bonds is 2. The molecule has 0 saturated heterocycles. The molecule has 84 valence electrons. The second-order valence-corrected chi connectivity index (χ2v) is 5.23. The first kappa shape index (κ1) is 11.6. The molecule has 1 unspecified atom stereocenters. The Balaban J connectivity index is 2.38. The van der Waals surface area contributed by atoms with Gasteiger partial charge in [0.2, 0.25) is 0 Å². The molecule has 1 heterocycles. The predicted molar refractivity (Wildman–Crippen MR) is 69.3 cm³/mol. The van der Waals surface area contributed by atoms with Crippen LogP contribution in [0.2, 0.25) is 5.02 Å². The van der Waals surface area contributed by atoms with Gasteiger partial charge in [0.15, 0.2) is 0 Å². The van der Waals surface area contributed by atoms with Gasteiger partial charge in [-0.2, -0.15) is 0 Å². The van der Waals surface area contributed by atoms with E-state index in [9.17, 15) is 5.11 Å². The molecule has 2 aromatic rings. The fourth-order valence-corrected chi connectivity index (χ4v) is 2.72. The van der Waals surface area contributed by atoms with Crippen LogP contribution in [0.25, 0.3) is 0 Å². The first-order valence-electron chi connectivity index (χ1n) is 5.07. The zero-order valence-electron chi connectivity index (χ0n) is 9.20. The Hall–Kier alpha value is -0.830. The molecule has 0 radical (unpaired) electrons. The second-order valence-electron chi connectivity index (χ2n) is 3.88. The Morgan fingerprint density at radius 3 is 2.50 bits per heavy atom. The number of halogens is 1. The second kappa shape index (κ2) is 4.58. The highest BCUT2D eigenvalue weighted by atomic mass is 35.5. The molecule has 0 aliphatic rings. The van der Waals surface area contributed by atoms with Gasteiger partial charge in [-0.1, -0.05) is 23.7 Å². The number of benzene rings is 1. The standard InChI is InChI=1S/C13H13ClOS/c1-8-3-4-10(7-11(8)14)12(15)13-9(2)5-6-16-13/h3-7,12,15H,1-2H3. The molecular weight excluding hydrogens is 240 g/mol. The van der Waals surface area contributed by atoms with Crippen LogP contribution >= 0.6 is 22.9 Å². The van der Waals surface area contributed by atoms with Crippen LogP contribution in [0.5, 0.6) is 0 Å². The number of aryl methyl sites for hydroxylation is 2. The Kier molecular flexibility index (Phi) is 3.33. The molecule has 0 aliphatic carbocycles. The zero-order chi connectivity index (χ0) is 11.7. The van der Waals surface area contributed by atoms with E-state index < -0.39 is 6.10 Å². The summed E-state index contributed by atoms with van der Waals surface area (Å²) in [7, 11) is 0. The average Bonchev–Trinajstić information content (AvgIpc) is 2.67. The molecular formula is C13H13ClOS. The minimum Gasteiger partial charge on any atom is -0.383 e. The summed E-state index contributed by atoms with van der Waals surface area (Å²) in [6.07, 6.45) is -0.571. The van der Waals surface area contributed by atoms with Crippen LogP contribution in [0.4, 0.5) is 0 Å². The minimum absolute atomic E-state index is 0.571. The van der Waals surface area contributed by atoms with E-state index >= 15 is 0 Å². The number of thiophene rings is 1. The lowest BCUT2D eigenvalue weighted by Gasteiger charge is -2.11. The maximum Gasteiger partial charge on any atom is 0.113 e. The quantitative estimate of drug-likeness (QED) is 0.853. The third kappa shape index (κ3) is 2.14. The zero-order valence-corrected chi connectivity index (χ0v) is 10.8. The summed E-state index contributed by atoms with van der Waals surface area (Å²) in [5.41, 5.74) is 3.00. The van der Waals surface area contributed by atoms with E-state index in [1.165, 1.54) is 0 Å². The molecule has 3 heteroatoms. The summed E-state index contributed by atoms with van der Waals surface area (Å²) >= 11 is 7.62. The van der Waals surface area contributed by atoms with Crippen LogP contribution in [-0.2, 0) is 0 Å². The minimum atomic E-state index is -0.571. The molecule has 1 aromatic carbocycles. The van der Waals surface area contributed by atoms with Crippen molar-refractivity contribution in [3.05, 3.63) is 56.2 Å². The van der Waals surface area contributed by atoms with Gasteiger partial charge < -0.3 is 5.11 Å². The smallest absolute Gasteiger partial charge is 0.113 e. The summed E-state index contributed by atoms with van der Waals surface area (Å²) < 4.78 is 0. The van der Waals surface area contributed by atoms with E-state index in [2.05, 4.69) is 0 Å². The fraction of sp³-hybridized carbons (Fsp3) is 0.231. The molecule has 1 atom stereocenters. The van der Waals surface area contributed by atoms with Gasteiger partial charge in [-0.3, -0.25) is 0 Å². The van der Waals surface area contributed by atoms with E-state index in [0.29, 0.717) is 5.02 Å². The summed E-state index contributed by atoms with van der Waals surface area (Å²) in [5, 5.41) is 12.9. The normalized spacial score (nSPS) is 12.8. The fourth-order valence-electron chi connectivity index (χ4n) is 1.60. The Bertz CT molecular complexity index is 504. The van der Waals surface area contributed by atoms with Crippen LogP contribution in [0.1, 0.15) is 27.7 Å². The van der Waals surface area contributed by atoms with E-state index in [4.69, 9.17) is 11.6 Å². The SMILES string of the molecule is Cc1ccc(C(O)c2sccc2C)cc1Cl. The van der Waals surface area contributed by atoms with Crippen LogP contribution < -0.4 is 0 Å². The monoisotopic (exact) mass is 252 g/mol. The summed E-state index contributed by atoms with van der Waals surface area (Å²) in [6, 6.07) is 7.70. The third-order valence-corrected chi connectivity index (χ3v) is 4.14. The summed E-state index contributed by atoms with van der Waals surface area (Å²) in [5.74, 6) is 0. The molecule has 1 N–H and O–H groups in total. The van der Waals surface area contributed by atoms with Gasteiger partial charge in [0.25, 0.3) is 0 Å². The molecule has 0 aliphatic heterocycles. The summed E-state index contributed by atoms with van der Waals surface area (Å²) in [6.45, 7) is 3.96. The Morgan fingerprint density at radius 2 is 1.94 bits per heavy atom. The molecule has 16 heavy (non-hydrogen) atoms. The number of aliphatic hydroxyl groups is 1. The van der Waals surface area contributed by atoms with Gasteiger partial charge in [0.05, 0.1) is 0 Å². The van der Waals surface area contributed by atoms with Crippen LogP contribution in [0.3, 0.4) is 0 Å². The molecule has 1 nitrogen and oxygen atoms in total. The third-order valence-electron chi connectivity index (χ3n) is 2.66. The number of hydrogen-bond donors (Lipinski definition) is 1. The lowest BCUT2D eigenvalue weighted by atomic mass is 10.0. The highest BCUT2D eigenvalue weighted by molar-refractivity contribution is 7.10. The van der Waals surface area contributed by atoms with Crippen LogP contribution in [-0.4, -0.2) is 5.11 Å². The average molecular weight is 253 g/mol. The predicted octanol–water partition coefficient (Wildman–Crippen LogP) is 4.10. The van der Waals surface area contributed by atoms with Crippen molar-refractivity contribution in [2.45, 2.75) is 20.0 Å². The number of aliphatic hydroxyl groups excluding tert-OH is 1. The molecule has 0 saturated carbocycles. The van der Waals surface area contributed by atoms with Crippen molar-refractivity contribution in [3.63, 3.8) is 0 Å². The van der Waals surface area contributed by atoms with Crippen molar-refractivity contribution in [2.24, 2.45) is 0 Å². The van der Waals surface area contributed by atoms with E-state index in [1.807, 2.05) is 43.5 Å². The van der Waals surface area contributed by atoms with Crippen molar-refractivity contribution >= 4 is 22.9 Å². The van der Waals surface area contributed by atoms with Crippen molar-refractivity contribution < 1.29 is 5.11 Å². The van der Waals surface area contributed by atoms with Crippen LogP contribution in [0.15, 0.2) is 29.6 Å². The molecule has 0 fully saturated rings. The van der Waals surface area contributed by atoms with Gasteiger partial charge in [0.1, 0.15) is 6.10 Å². The maximum absolute atomic E-state index is 10.2. The molecule has 0 bridgehead atoms. The van der Waals surface area contributed by atoms with Crippen LogP contribution in [0, 0.1) is 13.8 Å². The van der Waals surface area contributed by atoms with Gasteiger partial charge >= 0.3 is 0 Å². The lowest BCUT2D eigenvalue weighted by molar-refractivity contribution is 0.223. The molecule has 2 rings (SSSR count). The van der Waals surface area contributed by atoms with Crippen molar-refractivity contribution in [1.29, 1.82) is 0 Å². The van der Waals surface area contributed by atoms with E-state index in [-0.39, 0.29) is 0 Å². The molecule has 0 amide bonds. The van der Waals surface area contributed by atoms with Crippen molar-refractivity contribution in [2.75, 3.05) is 0 Å². The van der Waals surface area contributed by atoms with Gasteiger partial charge in [-0.25, -0.2) is 0 Å². The largest absolute Gasteiger partial charge is 0.383 e. The first-order chi connectivity index (χ1) is 7.59. The van der Waals surface area contributed by atoms with Crippen molar-refractivity contribution in [1.82, 2.24) is 0 Å². The molecule has 1 aromatic heterocycles. The van der Waals surface area contributed by atoms with Gasteiger partial charge in [-0.15, -0.1) is 11.3 Å². The Labute approximate surface area is 104 Å². The lowest BCUT2D eigenvalue weighted by Crippen LogP contribution is -1.99. The first-order valence-corrected chi connectivity index (χ1v) is 6.33. The molecule has 0 spiro atoms. The summed E-state index contributed by atoms with van der Waals surface area (Å²) in [4.78, 5) is 0.986. The highest BCUT2D eigenvalue weighted by Crippen LogP contribution is 2.31. The van der Waals surface area contributed by atoms with E-state index in [1.54, 1.807) is 11.3 Å².